The van der Waals surface area contributed by atoms with Gasteiger partial charge >= 0.3 is 29.6 Å². The predicted molar refractivity (Wildman–Crippen MR) is 72.2 cm³/mol. The van der Waals surface area contributed by atoms with Crippen LogP contribution in [0.3, 0.4) is 0 Å². The summed E-state index contributed by atoms with van der Waals surface area (Å²) in [5.41, 5.74) is 2.87. The Labute approximate surface area is 144 Å². The minimum absolute atomic E-state index is 0. The number of hydrogen-bond donors (Lipinski definition) is 0. The molecule has 3 aromatic rings. The molecule has 0 spiro atoms. The van der Waals surface area contributed by atoms with E-state index in [9.17, 15) is 9.90 Å². The molecule has 0 fully saturated rings. The standard InChI is InChI=1S/C16H13NO3.Na/c18-16(19)15-9-13-8-11(5-6-14(13)20-15)3-4-12-2-1-7-17-10-12;/h1-2,5-10H,3-4H2,(H,18,19);/q;+1/p-1. The number of aromatic nitrogens is 1. The van der Waals surface area contributed by atoms with Crippen LogP contribution in [0.15, 0.2) is 53.2 Å². The van der Waals surface area contributed by atoms with Crippen molar-refractivity contribution in [2.24, 2.45) is 0 Å². The number of rotatable bonds is 4. The fourth-order valence-electron chi connectivity index (χ4n) is 2.18. The van der Waals surface area contributed by atoms with Gasteiger partial charge in [-0.1, -0.05) is 12.1 Å². The second-order valence-electron chi connectivity index (χ2n) is 4.63. The molecule has 2 heterocycles. The first-order valence-electron chi connectivity index (χ1n) is 6.35. The molecule has 0 aliphatic rings. The van der Waals surface area contributed by atoms with Crippen LogP contribution in [-0.4, -0.2) is 11.0 Å². The van der Waals surface area contributed by atoms with E-state index in [1.807, 2.05) is 30.5 Å². The molecule has 0 saturated carbocycles. The molecule has 0 N–H and O–H groups in total. The van der Waals surface area contributed by atoms with Crippen LogP contribution >= 0.6 is 0 Å². The van der Waals surface area contributed by atoms with Gasteiger partial charge in [-0.05, 0) is 48.2 Å². The van der Waals surface area contributed by atoms with Crippen LogP contribution in [0.2, 0.25) is 0 Å². The molecular weight excluding hydrogens is 277 g/mol. The van der Waals surface area contributed by atoms with Gasteiger partial charge in [-0.15, -0.1) is 0 Å². The van der Waals surface area contributed by atoms with Crippen molar-refractivity contribution in [2.75, 3.05) is 0 Å². The fraction of sp³-hybridized carbons (Fsp3) is 0.125. The van der Waals surface area contributed by atoms with Crippen LogP contribution in [0.25, 0.3) is 11.0 Å². The molecule has 0 bridgehead atoms. The van der Waals surface area contributed by atoms with E-state index in [0.29, 0.717) is 5.58 Å². The normalized spacial score (nSPS) is 10.3. The Morgan fingerprint density at radius 2 is 1.95 bits per heavy atom. The van der Waals surface area contributed by atoms with Crippen LogP contribution in [0.4, 0.5) is 0 Å². The predicted octanol–water partition coefficient (Wildman–Crippen LogP) is -1.02. The summed E-state index contributed by atoms with van der Waals surface area (Å²) in [5, 5.41) is 11.5. The third-order valence-corrected chi connectivity index (χ3v) is 3.21. The molecule has 0 atom stereocenters. The number of benzene rings is 1. The second-order valence-corrected chi connectivity index (χ2v) is 4.63. The maximum absolute atomic E-state index is 10.8. The van der Waals surface area contributed by atoms with Gasteiger partial charge in [-0.25, -0.2) is 0 Å². The van der Waals surface area contributed by atoms with Crippen LogP contribution in [-0.2, 0) is 12.8 Å². The molecule has 100 valence electrons. The zero-order chi connectivity index (χ0) is 13.9. The topological polar surface area (TPSA) is 66.2 Å². The number of pyridine rings is 1. The second kappa shape index (κ2) is 6.89. The van der Waals surface area contributed by atoms with Crippen molar-refractivity contribution in [1.82, 2.24) is 4.98 Å². The fourth-order valence-corrected chi connectivity index (χ4v) is 2.18. The number of fused-ring (bicyclic) bond motifs is 1. The SMILES string of the molecule is O=C([O-])c1cc2cc(CCc3cccnc3)ccc2o1.[Na+]. The first-order valence-corrected chi connectivity index (χ1v) is 6.35. The molecule has 0 aliphatic heterocycles. The van der Waals surface area contributed by atoms with Crippen molar-refractivity contribution in [1.29, 1.82) is 0 Å². The average Bonchev–Trinajstić information content (AvgIpc) is 2.89. The van der Waals surface area contributed by atoms with E-state index in [1.165, 1.54) is 11.6 Å². The number of aromatic carboxylic acids is 1. The molecule has 4 nitrogen and oxygen atoms in total. The summed E-state index contributed by atoms with van der Waals surface area (Å²) in [7, 11) is 0. The van der Waals surface area contributed by atoms with E-state index in [2.05, 4.69) is 4.98 Å². The van der Waals surface area contributed by atoms with E-state index in [0.717, 1.165) is 23.8 Å². The van der Waals surface area contributed by atoms with Gasteiger partial charge < -0.3 is 14.3 Å². The molecule has 0 radical (unpaired) electrons. The summed E-state index contributed by atoms with van der Waals surface area (Å²) < 4.78 is 5.18. The number of carbonyl (C=O) groups excluding carboxylic acids is 1. The Morgan fingerprint density at radius 1 is 1.14 bits per heavy atom. The molecule has 3 rings (SSSR count). The molecular formula is C16H12NNaO3. The number of carbonyl (C=O) groups is 1. The van der Waals surface area contributed by atoms with Gasteiger partial charge in [0, 0.05) is 17.8 Å². The number of hydrogen-bond acceptors (Lipinski definition) is 4. The molecule has 5 heteroatoms. The Bertz CT molecular complexity index is 753. The Hall–Kier alpha value is -1.62. The minimum atomic E-state index is -1.29. The summed E-state index contributed by atoms with van der Waals surface area (Å²) >= 11 is 0. The minimum Gasteiger partial charge on any atom is -0.542 e. The third-order valence-electron chi connectivity index (χ3n) is 3.21. The van der Waals surface area contributed by atoms with Crippen LogP contribution in [0, 0.1) is 0 Å². The van der Waals surface area contributed by atoms with Crippen LogP contribution in [0.1, 0.15) is 21.7 Å². The summed E-state index contributed by atoms with van der Waals surface area (Å²) in [4.78, 5) is 14.8. The van der Waals surface area contributed by atoms with Gasteiger partial charge in [0.1, 0.15) is 11.6 Å². The summed E-state index contributed by atoms with van der Waals surface area (Å²) in [6.45, 7) is 0. The van der Waals surface area contributed by atoms with E-state index >= 15 is 0 Å². The monoisotopic (exact) mass is 289 g/mol. The van der Waals surface area contributed by atoms with Crippen molar-refractivity contribution in [3.8, 4) is 0 Å². The number of nitrogens with zero attached hydrogens (tertiary/aromatic N) is 1. The molecule has 2 aromatic heterocycles. The first kappa shape index (κ1) is 15.8. The van der Waals surface area contributed by atoms with Gasteiger partial charge in [0.2, 0.25) is 0 Å². The van der Waals surface area contributed by atoms with Crippen LogP contribution < -0.4 is 34.7 Å². The largest absolute Gasteiger partial charge is 1.00 e. The van der Waals surface area contributed by atoms with Crippen molar-refractivity contribution >= 4 is 16.9 Å². The number of carboxylic acid groups (broad SMARTS) is 1. The molecule has 0 unspecified atom stereocenters. The van der Waals surface area contributed by atoms with Gasteiger partial charge in [0.25, 0.3) is 0 Å². The maximum atomic E-state index is 10.8. The van der Waals surface area contributed by atoms with Crippen molar-refractivity contribution in [2.45, 2.75) is 12.8 Å². The van der Waals surface area contributed by atoms with Crippen molar-refractivity contribution < 1.29 is 43.9 Å². The Morgan fingerprint density at radius 3 is 2.67 bits per heavy atom. The number of carboxylic acids is 1. The van der Waals surface area contributed by atoms with Crippen molar-refractivity contribution in [3.63, 3.8) is 0 Å². The number of aryl methyl sites for hydroxylation is 2. The Balaban J connectivity index is 0.00000161. The van der Waals surface area contributed by atoms with E-state index in [1.54, 1.807) is 12.3 Å². The third kappa shape index (κ3) is 3.73. The average molecular weight is 289 g/mol. The molecule has 0 saturated heterocycles. The maximum Gasteiger partial charge on any atom is 1.00 e. The zero-order valence-electron chi connectivity index (χ0n) is 11.7. The molecule has 1 aromatic carbocycles. The molecule has 21 heavy (non-hydrogen) atoms. The molecule has 0 amide bonds. The van der Waals surface area contributed by atoms with Gasteiger partial charge in [-0.3, -0.25) is 4.98 Å². The van der Waals surface area contributed by atoms with Gasteiger partial charge in [0.15, 0.2) is 5.76 Å². The summed E-state index contributed by atoms with van der Waals surface area (Å²) in [6.07, 6.45) is 5.37. The zero-order valence-corrected chi connectivity index (χ0v) is 13.7. The first-order chi connectivity index (χ1) is 9.72. The van der Waals surface area contributed by atoms with Gasteiger partial charge in [-0.2, -0.15) is 0 Å². The van der Waals surface area contributed by atoms with Crippen molar-refractivity contribution in [3.05, 3.63) is 65.7 Å². The van der Waals surface area contributed by atoms with E-state index < -0.39 is 5.97 Å². The smallest absolute Gasteiger partial charge is 0.542 e. The summed E-state index contributed by atoms with van der Waals surface area (Å²) in [6, 6.07) is 11.1. The van der Waals surface area contributed by atoms with Gasteiger partial charge in [0.05, 0.1) is 0 Å². The number of furan rings is 1. The van der Waals surface area contributed by atoms with E-state index in [-0.39, 0.29) is 35.3 Å². The Kier molecular flexibility index (Phi) is 5.17. The quantitative estimate of drug-likeness (QED) is 0.577. The van der Waals surface area contributed by atoms with E-state index in [4.69, 9.17) is 4.42 Å². The summed E-state index contributed by atoms with van der Waals surface area (Å²) in [5.74, 6) is -1.43. The molecule has 0 aliphatic carbocycles. The van der Waals surface area contributed by atoms with Crippen LogP contribution in [0.5, 0.6) is 0 Å².